The second kappa shape index (κ2) is 3.86. The standard InChI is InChI=1S/C9H7ClN2O3/c10-6-1-2-7(8(5-6)12(13)14)9-11-3-4-15-9/h1-2,5H,3-4H2. The van der Waals surface area contributed by atoms with Gasteiger partial charge in [0.2, 0.25) is 5.90 Å². The van der Waals surface area contributed by atoms with E-state index in [0.29, 0.717) is 29.6 Å². The summed E-state index contributed by atoms with van der Waals surface area (Å²) in [5.74, 6) is 0.318. The lowest BCUT2D eigenvalue weighted by atomic mass is 10.2. The number of hydrogen-bond acceptors (Lipinski definition) is 4. The van der Waals surface area contributed by atoms with E-state index < -0.39 is 4.92 Å². The molecule has 1 aliphatic rings. The second-order valence-corrected chi connectivity index (χ2v) is 3.39. The van der Waals surface area contributed by atoms with Gasteiger partial charge in [0.25, 0.3) is 5.69 Å². The lowest BCUT2D eigenvalue weighted by Gasteiger charge is -2.02. The quantitative estimate of drug-likeness (QED) is 0.572. The molecule has 0 saturated heterocycles. The van der Waals surface area contributed by atoms with Gasteiger partial charge < -0.3 is 4.74 Å². The number of rotatable bonds is 2. The number of nitro benzene ring substituents is 1. The van der Waals surface area contributed by atoms with Crippen molar-refractivity contribution < 1.29 is 9.66 Å². The molecule has 1 aromatic carbocycles. The second-order valence-electron chi connectivity index (χ2n) is 2.95. The molecule has 1 heterocycles. The summed E-state index contributed by atoms with van der Waals surface area (Å²) < 4.78 is 5.17. The first-order valence-electron chi connectivity index (χ1n) is 4.30. The predicted octanol–water partition coefficient (Wildman–Crippen LogP) is 2.02. The van der Waals surface area contributed by atoms with Crippen LogP contribution in [0.25, 0.3) is 0 Å². The van der Waals surface area contributed by atoms with Crippen molar-refractivity contribution in [3.63, 3.8) is 0 Å². The lowest BCUT2D eigenvalue weighted by molar-refractivity contribution is -0.385. The highest BCUT2D eigenvalue weighted by Gasteiger charge is 2.21. The van der Waals surface area contributed by atoms with Crippen molar-refractivity contribution >= 4 is 23.2 Å². The van der Waals surface area contributed by atoms with Gasteiger partial charge in [-0.3, -0.25) is 10.1 Å². The van der Waals surface area contributed by atoms with E-state index in [4.69, 9.17) is 16.3 Å². The Morgan fingerprint density at radius 2 is 2.33 bits per heavy atom. The van der Waals surface area contributed by atoms with Gasteiger partial charge in [0, 0.05) is 11.1 Å². The molecule has 6 heteroatoms. The van der Waals surface area contributed by atoms with Gasteiger partial charge in [0.15, 0.2) is 0 Å². The molecule has 0 unspecified atom stereocenters. The normalized spacial score (nSPS) is 14.6. The molecule has 0 atom stereocenters. The molecule has 5 nitrogen and oxygen atoms in total. The molecule has 0 aliphatic carbocycles. The third-order valence-electron chi connectivity index (χ3n) is 1.97. The molecule has 0 saturated carbocycles. The van der Waals surface area contributed by atoms with E-state index in [2.05, 4.69) is 4.99 Å². The number of hydrogen-bond donors (Lipinski definition) is 0. The summed E-state index contributed by atoms with van der Waals surface area (Å²) in [5.41, 5.74) is 0.296. The minimum atomic E-state index is -0.495. The van der Waals surface area contributed by atoms with Crippen LogP contribution in [0, 0.1) is 10.1 Å². The zero-order valence-corrected chi connectivity index (χ0v) is 8.40. The number of nitrogens with zero attached hydrogens (tertiary/aromatic N) is 2. The molecule has 0 radical (unpaired) electrons. The fourth-order valence-electron chi connectivity index (χ4n) is 1.33. The summed E-state index contributed by atoms with van der Waals surface area (Å²) in [4.78, 5) is 14.3. The topological polar surface area (TPSA) is 64.7 Å². The van der Waals surface area contributed by atoms with E-state index in [1.165, 1.54) is 6.07 Å². The molecule has 0 fully saturated rings. The fourth-order valence-corrected chi connectivity index (χ4v) is 1.50. The Balaban J connectivity index is 2.50. The van der Waals surface area contributed by atoms with Gasteiger partial charge in [-0.05, 0) is 12.1 Å². The molecule has 0 amide bonds. The Kier molecular flexibility index (Phi) is 2.55. The lowest BCUT2D eigenvalue weighted by Crippen LogP contribution is -2.05. The van der Waals surface area contributed by atoms with E-state index >= 15 is 0 Å². The maximum absolute atomic E-state index is 10.8. The maximum atomic E-state index is 10.8. The molecule has 0 aromatic heterocycles. The van der Waals surface area contributed by atoms with Crippen LogP contribution < -0.4 is 0 Å². The van der Waals surface area contributed by atoms with Crippen molar-refractivity contribution in [1.82, 2.24) is 0 Å². The molecule has 1 aliphatic heterocycles. The zero-order valence-electron chi connectivity index (χ0n) is 7.64. The fraction of sp³-hybridized carbons (Fsp3) is 0.222. The molecule has 0 spiro atoms. The predicted molar refractivity (Wildman–Crippen MR) is 55.5 cm³/mol. The third-order valence-corrected chi connectivity index (χ3v) is 2.21. The monoisotopic (exact) mass is 226 g/mol. The van der Waals surface area contributed by atoms with Crippen LogP contribution in [0.15, 0.2) is 23.2 Å². The van der Waals surface area contributed by atoms with Crippen molar-refractivity contribution in [2.24, 2.45) is 4.99 Å². The van der Waals surface area contributed by atoms with Crippen LogP contribution in [0.5, 0.6) is 0 Å². The Labute approximate surface area is 90.5 Å². The van der Waals surface area contributed by atoms with Crippen molar-refractivity contribution in [2.45, 2.75) is 0 Å². The number of aliphatic imine (C=N–C) groups is 1. The van der Waals surface area contributed by atoms with Gasteiger partial charge in [-0.2, -0.15) is 0 Å². The minimum Gasteiger partial charge on any atom is -0.475 e. The van der Waals surface area contributed by atoms with E-state index in [9.17, 15) is 10.1 Å². The van der Waals surface area contributed by atoms with E-state index in [0.717, 1.165) is 0 Å². The summed E-state index contributed by atoms with van der Waals surface area (Å²) in [5, 5.41) is 11.1. The maximum Gasteiger partial charge on any atom is 0.283 e. The van der Waals surface area contributed by atoms with Gasteiger partial charge in [0.05, 0.1) is 11.5 Å². The van der Waals surface area contributed by atoms with Gasteiger partial charge in [-0.1, -0.05) is 11.6 Å². The Morgan fingerprint density at radius 1 is 1.53 bits per heavy atom. The molecule has 1 aromatic rings. The van der Waals surface area contributed by atoms with Crippen LogP contribution >= 0.6 is 11.6 Å². The molecular weight excluding hydrogens is 220 g/mol. The average molecular weight is 227 g/mol. The molecule has 0 N–H and O–H groups in total. The van der Waals surface area contributed by atoms with Crippen LogP contribution in [-0.4, -0.2) is 24.0 Å². The molecule has 2 rings (SSSR count). The van der Waals surface area contributed by atoms with Crippen LogP contribution in [0.4, 0.5) is 5.69 Å². The Hall–Kier alpha value is -1.62. The van der Waals surface area contributed by atoms with E-state index in [1.54, 1.807) is 12.1 Å². The summed E-state index contributed by atoms with van der Waals surface area (Å²) >= 11 is 5.68. The number of benzene rings is 1. The summed E-state index contributed by atoms with van der Waals surface area (Å²) in [7, 11) is 0. The first-order valence-corrected chi connectivity index (χ1v) is 4.68. The summed E-state index contributed by atoms with van der Waals surface area (Å²) in [6, 6.07) is 4.42. The third kappa shape index (κ3) is 1.92. The van der Waals surface area contributed by atoms with Crippen LogP contribution in [-0.2, 0) is 4.74 Å². The number of nitro groups is 1. The molecular formula is C9H7ClN2O3. The highest BCUT2D eigenvalue weighted by atomic mass is 35.5. The van der Waals surface area contributed by atoms with E-state index in [-0.39, 0.29) is 5.69 Å². The zero-order chi connectivity index (χ0) is 10.8. The highest BCUT2D eigenvalue weighted by molar-refractivity contribution is 6.31. The van der Waals surface area contributed by atoms with Crippen LogP contribution in [0.1, 0.15) is 5.56 Å². The highest BCUT2D eigenvalue weighted by Crippen LogP contribution is 2.25. The van der Waals surface area contributed by atoms with Gasteiger partial charge >= 0.3 is 0 Å². The van der Waals surface area contributed by atoms with Crippen LogP contribution in [0.3, 0.4) is 0 Å². The molecule has 78 valence electrons. The van der Waals surface area contributed by atoms with Crippen molar-refractivity contribution in [1.29, 1.82) is 0 Å². The first kappa shape index (κ1) is 9.92. The average Bonchev–Trinajstić information content (AvgIpc) is 2.70. The van der Waals surface area contributed by atoms with Crippen molar-refractivity contribution in [3.05, 3.63) is 38.9 Å². The Bertz CT molecular complexity index is 445. The summed E-state index contributed by atoms with van der Waals surface area (Å²) in [6.07, 6.45) is 0. The van der Waals surface area contributed by atoms with Gasteiger partial charge in [-0.15, -0.1) is 0 Å². The number of ether oxygens (including phenoxy) is 1. The van der Waals surface area contributed by atoms with Crippen molar-refractivity contribution in [3.8, 4) is 0 Å². The SMILES string of the molecule is O=[N+]([O-])c1cc(Cl)ccc1C1=NCCO1. The molecule has 15 heavy (non-hydrogen) atoms. The first-order chi connectivity index (χ1) is 7.18. The molecule has 0 bridgehead atoms. The summed E-state index contributed by atoms with van der Waals surface area (Å²) in [6.45, 7) is 1.00. The van der Waals surface area contributed by atoms with Gasteiger partial charge in [-0.25, -0.2) is 4.99 Å². The smallest absolute Gasteiger partial charge is 0.283 e. The van der Waals surface area contributed by atoms with Crippen LogP contribution in [0.2, 0.25) is 5.02 Å². The largest absolute Gasteiger partial charge is 0.475 e. The number of halogens is 1. The van der Waals surface area contributed by atoms with E-state index in [1.807, 2.05) is 0 Å². The van der Waals surface area contributed by atoms with Crippen molar-refractivity contribution in [2.75, 3.05) is 13.2 Å². The Morgan fingerprint density at radius 3 is 2.93 bits per heavy atom. The van der Waals surface area contributed by atoms with Gasteiger partial charge in [0.1, 0.15) is 12.2 Å². The minimum absolute atomic E-state index is 0.0804.